The van der Waals surface area contributed by atoms with Crippen molar-refractivity contribution in [1.29, 1.82) is 0 Å². The van der Waals surface area contributed by atoms with Gasteiger partial charge in [-0.1, -0.05) is 6.07 Å². The number of rotatable bonds is 9. The molecule has 5 atom stereocenters. The monoisotopic (exact) mass is 442 g/mol. The van der Waals surface area contributed by atoms with E-state index in [-0.39, 0.29) is 30.3 Å². The van der Waals surface area contributed by atoms with Gasteiger partial charge in [0.05, 0.1) is 19.8 Å². The Labute approximate surface area is 177 Å². The van der Waals surface area contributed by atoms with Gasteiger partial charge in [-0.05, 0) is 35.4 Å². The molecular formula is C20H26O11. The highest BCUT2D eigenvalue weighted by Gasteiger charge is 2.44. The Kier molecular flexibility index (Phi) is 9.40. The second-order valence-corrected chi connectivity index (χ2v) is 6.74. The molecule has 1 fully saturated rings. The van der Waals surface area contributed by atoms with Crippen molar-refractivity contribution in [3.63, 3.8) is 0 Å². The number of phenolic OH excluding ortho intramolecular Hbond substituents is 2. The van der Waals surface area contributed by atoms with Crippen molar-refractivity contribution < 1.29 is 54.8 Å². The number of hydrogen-bond acceptors (Lipinski definition) is 11. The van der Waals surface area contributed by atoms with Gasteiger partial charge in [0.15, 0.2) is 17.8 Å². The third-order valence-corrected chi connectivity index (χ3v) is 4.49. The van der Waals surface area contributed by atoms with E-state index in [0.29, 0.717) is 5.56 Å². The first-order chi connectivity index (χ1) is 14.8. The molecule has 0 radical (unpaired) electrons. The molecule has 1 heterocycles. The Bertz CT molecular complexity index is 789. The van der Waals surface area contributed by atoms with E-state index in [1.165, 1.54) is 30.4 Å². The van der Waals surface area contributed by atoms with Crippen LogP contribution in [-0.4, -0.2) is 98.8 Å². The molecule has 0 spiro atoms. The van der Waals surface area contributed by atoms with Gasteiger partial charge in [0.2, 0.25) is 0 Å². The van der Waals surface area contributed by atoms with Crippen molar-refractivity contribution in [2.45, 2.75) is 30.7 Å². The van der Waals surface area contributed by atoms with Gasteiger partial charge >= 0.3 is 5.97 Å². The van der Waals surface area contributed by atoms with Crippen LogP contribution in [0.25, 0.3) is 6.08 Å². The highest BCUT2D eigenvalue weighted by molar-refractivity contribution is 5.87. The van der Waals surface area contributed by atoms with Crippen LogP contribution in [0.15, 0.2) is 35.9 Å². The van der Waals surface area contributed by atoms with Gasteiger partial charge < -0.3 is 50.0 Å². The van der Waals surface area contributed by atoms with E-state index in [9.17, 15) is 35.4 Å². The van der Waals surface area contributed by atoms with Crippen molar-refractivity contribution in [1.82, 2.24) is 0 Å². The summed E-state index contributed by atoms with van der Waals surface area (Å²) in [6, 6.07) is 4.02. The van der Waals surface area contributed by atoms with Crippen LogP contribution >= 0.6 is 0 Å². The predicted octanol–water partition coefficient (Wildman–Crippen LogP) is -1.61. The Morgan fingerprint density at radius 2 is 1.81 bits per heavy atom. The number of carbonyl (C=O) groups excluding carboxylic acids is 1. The molecule has 0 aliphatic carbocycles. The van der Waals surface area contributed by atoms with Crippen LogP contribution < -0.4 is 0 Å². The zero-order valence-corrected chi connectivity index (χ0v) is 16.4. The molecule has 11 heteroatoms. The molecule has 11 nitrogen and oxygen atoms in total. The summed E-state index contributed by atoms with van der Waals surface area (Å²) < 4.78 is 15.5. The molecule has 1 saturated heterocycles. The summed E-state index contributed by atoms with van der Waals surface area (Å²) in [7, 11) is 0. The molecule has 172 valence electrons. The van der Waals surface area contributed by atoms with Gasteiger partial charge in [-0.2, -0.15) is 0 Å². The number of esters is 1. The van der Waals surface area contributed by atoms with Crippen LogP contribution in [0.1, 0.15) is 5.56 Å². The lowest BCUT2D eigenvalue weighted by molar-refractivity contribution is -0.299. The number of benzene rings is 1. The third-order valence-electron chi connectivity index (χ3n) is 4.49. The number of carbonyl (C=O) groups is 1. The molecule has 1 aromatic carbocycles. The van der Waals surface area contributed by atoms with Gasteiger partial charge in [0.1, 0.15) is 31.0 Å². The first-order valence-electron chi connectivity index (χ1n) is 9.34. The maximum atomic E-state index is 11.8. The average Bonchev–Trinajstić information content (AvgIpc) is 2.76. The number of aromatic hydroxyl groups is 2. The minimum absolute atomic E-state index is 0.196. The van der Waals surface area contributed by atoms with Crippen molar-refractivity contribution in [2.24, 2.45) is 0 Å². The van der Waals surface area contributed by atoms with Crippen LogP contribution in [0.4, 0.5) is 0 Å². The molecule has 1 aliphatic heterocycles. The normalized spacial score (nSPS) is 26.9. The van der Waals surface area contributed by atoms with Crippen molar-refractivity contribution in [3.05, 3.63) is 41.5 Å². The predicted molar refractivity (Wildman–Crippen MR) is 105 cm³/mol. The van der Waals surface area contributed by atoms with Gasteiger partial charge in [0.25, 0.3) is 0 Å². The van der Waals surface area contributed by atoms with Gasteiger partial charge in [-0.3, -0.25) is 0 Å². The van der Waals surface area contributed by atoms with Gasteiger partial charge in [-0.25, -0.2) is 4.79 Å². The molecule has 0 saturated carbocycles. The Morgan fingerprint density at radius 1 is 1.06 bits per heavy atom. The molecular weight excluding hydrogens is 416 g/mol. The van der Waals surface area contributed by atoms with Crippen molar-refractivity contribution in [2.75, 3.05) is 26.4 Å². The molecule has 1 aromatic rings. The number of hydrogen-bond donors (Lipinski definition) is 7. The van der Waals surface area contributed by atoms with Crippen LogP contribution in [-0.2, 0) is 19.0 Å². The van der Waals surface area contributed by atoms with Gasteiger partial charge in [-0.15, -0.1) is 0 Å². The van der Waals surface area contributed by atoms with Crippen molar-refractivity contribution >= 4 is 12.0 Å². The van der Waals surface area contributed by atoms with E-state index in [0.717, 1.165) is 6.08 Å². The Balaban J connectivity index is 1.83. The molecule has 1 aliphatic rings. The number of phenols is 2. The molecule has 0 aromatic heterocycles. The second-order valence-electron chi connectivity index (χ2n) is 6.74. The number of ether oxygens (including phenoxy) is 3. The zero-order valence-electron chi connectivity index (χ0n) is 16.4. The molecule has 0 amide bonds. The second kappa shape index (κ2) is 11.8. The Morgan fingerprint density at radius 3 is 2.45 bits per heavy atom. The van der Waals surface area contributed by atoms with Crippen LogP contribution in [0.5, 0.6) is 11.5 Å². The third kappa shape index (κ3) is 7.01. The fourth-order valence-corrected chi connectivity index (χ4v) is 2.66. The summed E-state index contributed by atoms with van der Waals surface area (Å²) in [5.41, 5.74) is 0.754. The van der Waals surface area contributed by atoms with Crippen LogP contribution in [0, 0.1) is 0 Å². The highest BCUT2D eigenvalue weighted by Crippen LogP contribution is 2.25. The van der Waals surface area contributed by atoms with Gasteiger partial charge in [0, 0.05) is 6.08 Å². The lowest BCUT2D eigenvalue weighted by atomic mass is 9.99. The zero-order chi connectivity index (χ0) is 23.0. The average molecular weight is 442 g/mol. The van der Waals surface area contributed by atoms with Crippen LogP contribution in [0.3, 0.4) is 0 Å². The number of aliphatic hydroxyl groups is 5. The first-order valence-corrected chi connectivity index (χ1v) is 9.34. The largest absolute Gasteiger partial charge is 0.504 e. The summed E-state index contributed by atoms with van der Waals surface area (Å²) in [5.74, 6) is -1.31. The molecule has 7 N–H and O–H groups in total. The minimum Gasteiger partial charge on any atom is -0.504 e. The number of aliphatic hydroxyl groups excluding tert-OH is 5. The van der Waals surface area contributed by atoms with E-state index in [1.54, 1.807) is 0 Å². The van der Waals surface area contributed by atoms with Crippen LogP contribution in [0.2, 0.25) is 0 Å². The van der Waals surface area contributed by atoms with E-state index >= 15 is 0 Å². The summed E-state index contributed by atoms with van der Waals surface area (Å²) in [5, 5.41) is 66.6. The quantitative estimate of drug-likeness (QED) is 0.101. The lowest BCUT2D eigenvalue weighted by Crippen LogP contribution is -2.59. The SMILES string of the molecule is O=C(/C=C/c1ccc(O)c(O)c1)OC/C=C(\CO)CO[C@@H]1O[C@H](CO)[C@@H](O)[C@H](O)[C@H]1O. The molecule has 2 rings (SSSR count). The first kappa shape index (κ1) is 24.8. The summed E-state index contributed by atoms with van der Waals surface area (Å²) in [6.07, 6.45) is -3.26. The summed E-state index contributed by atoms with van der Waals surface area (Å²) in [4.78, 5) is 11.8. The maximum absolute atomic E-state index is 11.8. The maximum Gasteiger partial charge on any atom is 0.331 e. The smallest absolute Gasteiger partial charge is 0.331 e. The molecule has 0 bridgehead atoms. The van der Waals surface area contributed by atoms with E-state index in [4.69, 9.17) is 19.3 Å². The summed E-state index contributed by atoms with van der Waals surface area (Å²) in [6.45, 7) is -1.48. The fraction of sp³-hybridized carbons (Fsp3) is 0.450. The Hall–Kier alpha value is -2.51. The summed E-state index contributed by atoms with van der Waals surface area (Å²) >= 11 is 0. The van der Waals surface area contributed by atoms with E-state index in [1.807, 2.05) is 0 Å². The standard InChI is InChI=1S/C20H26O11/c21-8-12(10-30-20-19(28)18(27)17(26)15(9-22)31-20)5-6-29-16(25)4-2-11-1-3-13(23)14(24)7-11/h1-5,7,15,17-24,26-28H,6,8-10H2/b4-2+,12-5+/t15-,17-,18+,19-,20-/m1/s1. The van der Waals surface area contributed by atoms with E-state index in [2.05, 4.69) is 0 Å². The topological polar surface area (TPSA) is 186 Å². The highest BCUT2D eigenvalue weighted by atomic mass is 16.7. The lowest BCUT2D eigenvalue weighted by Gasteiger charge is -2.39. The van der Waals surface area contributed by atoms with Crippen molar-refractivity contribution in [3.8, 4) is 11.5 Å². The van der Waals surface area contributed by atoms with E-state index < -0.39 is 49.9 Å². The molecule has 0 unspecified atom stereocenters. The fourth-order valence-electron chi connectivity index (χ4n) is 2.66. The minimum atomic E-state index is -1.58. The molecule has 31 heavy (non-hydrogen) atoms.